The van der Waals surface area contributed by atoms with Crippen molar-refractivity contribution in [2.45, 2.75) is 17.7 Å². The lowest BCUT2D eigenvalue weighted by atomic mass is 10.2. The third-order valence-corrected chi connectivity index (χ3v) is 7.77. The highest BCUT2D eigenvalue weighted by Gasteiger charge is 2.31. The molecule has 0 atom stereocenters. The normalized spacial score (nSPS) is 18.0. The number of sulfonamides is 1. The summed E-state index contributed by atoms with van der Waals surface area (Å²) in [5.74, 6) is 0. The molecule has 2 fully saturated rings. The molecule has 2 aromatic carbocycles. The number of halogens is 1. The lowest BCUT2D eigenvalue weighted by molar-refractivity contribution is -0.384. The van der Waals surface area contributed by atoms with E-state index >= 15 is 0 Å². The van der Waals surface area contributed by atoms with Crippen molar-refractivity contribution >= 4 is 38.7 Å². The van der Waals surface area contributed by atoms with Gasteiger partial charge in [0.2, 0.25) is 10.0 Å². The van der Waals surface area contributed by atoms with E-state index in [0.717, 1.165) is 18.5 Å². The summed E-state index contributed by atoms with van der Waals surface area (Å²) in [7, 11) is -3.70. The van der Waals surface area contributed by atoms with Gasteiger partial charge in [-0.1, -0.05) is 17.7 Å². The Morgan fingerprint density at radius 2 is 1.57 bits per heavy atom. The number of rotatable bonds is 5. The van der Waals surface area contributed by atoms with Gasteiger partial charge in [0.25, 0.3) is 5.69 Å². The second-order valence-corrected chi connectivity index (χ2v) is 9.85. The molecular weight excluding hydrogens is 428 g/mol. The molecule has 2 aliphatic heterocycles. The van der Waals surface area contributed by atoms with Crippen molar-refractivity contribution in [3.63, 3.8) is 0 Å². The highest BCUT2D eigenvalue weighted by Crippen LogP contribution is 2.33. The van der Waals surface area contributed by atoms with E-state index in [1.165, 1.54) is 16.4 Å². The molecule has 0 aliphatic carbocycles. The van der Waals surface area contributed by atoms with E-state index < -0.39 is 14.9 Å². The number of nitro benzene ring substituents is 1. The van der Waals surface area contributed by atoms with Crippen LogP contribution in [0.4, 0.5) is 17.1 Å². The molecule has 10 heteroatoms. The highest BCUT2D eigenvalue weighted by molar-refractivity contribution is 7.89. The summed E-state index contributed by atoms with van der Waals surface area (Å²) in [6, 6.07) is 11.9. The Labute approximate surface area is 180 Å². The number of piperazine rings is 1. The second kappa shape index (κ2) is 8.41. The zero-order valence-corrected chi connectivity index (χ0v) is 18.0. The summed E-state index contributed by atoms with van der Waals surface area (Å²) < 4.78 is 27.0. The molecule has 8 nitrogen and oxygen atoms in total. The number of nitrogens with zero attached hydrogens (tertiary/aromatic N) is 4. The Morgan fingerprint density at radius 1 is 0.900 bits per heavy atom. The van der Waals surface area contributed by atoms with Crippen LogP contribution < -0.4 is 9.80 Å². The summed E-state index contributed by atoms with van der Waals surface area (Å²) in [6.07, 6.45) is 1.63. The highest BCUT2D eigenvalue weighted by atomic mass is 35.5. The van der Waals surface area contributed by atoms with Crippen LogP contribution in [0.1, 0.15) is 12.8 Å². The fourth-order valence-electron chi connectivity index (χ4n) is 4.03. The molecule has 2 aliphatic rings. The lowest BCUT2D eigenvalue weighted by Gasteiger charge is -2.37. The maximum absolute atomic E-state index is 12.8. The molecule has 2 heterocycles. The van der Waals surface area contributed by atoms with Crippen LogP contribution in [0.3, 0.4) is 0 Å². The first-order chi connectivity index (χ1) is 14.4. The third-order valence-electron chi connectivity index (χ3n) is 5.64. The van der Waals surface area contributed by atoms with E-state index in [1.807, 2.05) is 29.2 Å². The largest absolute Gasteiger partial charge is 0.368 e. The molecule has 0 bridgehead atoms. The average molecular weight is 451 g/mol. The first-order valence-corrected chi connectivity index (χ1v) is 11.7. The fraction of sp³-hybridized carbons (Fsp3) is 0.400. The van der Waals surface area contributed by atoms with E-state index in [0.29, 0.717) is 50.0 Å². The van der Waals surface area contributed by atoms with Crippen molar-refractivity contribution in [1.82, 2.24) is 4.31 Å². The predicted octanol–water partition coefficient (Wildman–Crippen LogP) is 3.36. The molecule has 0 spiro atoms. The molecule has 0 aromatic heterocycles. The fourth-order valence-corrected chi connectivity index (χ4v) is 5.76. The number of hydrogen-bond donors (Lipinski definition) is 0. The molecule has 0 amide bonds. The summed E-state index contributed by atoms with van der Waals surface area (Å²) in [5, 5.41) is 12.4. The van der Waals surface area contributed by atoms with Gasteiger partial charge in [-0.05, 0) is 43.2 Å². The number of nitro groups is 1. The SMILES string of the molecule is O=[N+]([O-])c1cc(S(=O)(=O)N2CCCC2)ccc1N1CCN(c2cccc(Cl)c2)CC1. The summed E-state index contributed by atoms with van der Waals surface area (Å²) in [5.41, 5.74) is 1.29. The van der Waals surface area contributed by atoms with Gasteiger partial charge in [0.1, 0.15) is 5.69 Å². The van der Waals surface area contributed by atoms with Gasteiger partial charge in [-0.3, -0.25) is 10.1 Å². The number of hydrogen-bond acceptors (Lipinski definition) is 6. The maximum Gasteiger partial charge on any atom is 0.293 e. The van der Waals surface area contributed by atoms with Crippen molar-refractivity contribution in [3.05, 3.63) is 57.6 Å². The van der Waals surface area contributed by atoms with Gasteiger partial charge in [0, 0.05) is 56.0 Å². The van der Waals surface area contributed by atoms with Crippen LogP contribution in [-0.2, 0) is 10.0 Å². The Kier molecular flexibility index (Phi) is 5.86. The van der Waals surface area contributed by atoms with Crippen molar-refractivity contribution < 1.29 is 13.3 Å². The molecule has 0 radical (unpaired) electrons. The van der Waals surface area contributed by atoms with Crippen LogP contribution in [0.15, 0.2) is 47.4 Å². The van der Waals surface area contributed by atoms with Gasteiger partial charge in [-0.25, -0.2) is 8.42 Å². The van der Waals surface area contributed by atoms with E-state index in [4.69, 9.17) is 11.6 Å². The van der Waals surface area contributed by atoms with E-state index in [-0.39, 0.29) is 10.6 Å². The van der Waals surface area contributed by atoms with Crippen LogP contribution in [0.5, 0.6) is 0 Å². The van der Waals surface area contributed by atoms with Crippen LogP contribution >= 0.6 is 11.6 Å². The van der Waals surface area contributed by atoms with E-state index in [2.05, 4.69) is 4.90 Å². The molecule has 160 valence electrons. The summed E-state index contributed by atoms with van der Waals surface area (Å²) in [4.78, 5) is 15.3. The molecule has 0 unspecified atom stereocenters. The van der Waals surface area contributed by atoms with E-state index in [9.17, 15) is 18.5 Å². The van der Waals surface area contributed by atoms with Gasteiger partial charge >= 0.3 is 0 Å². The van der Waals surface area contributed by atoms with Gasteiger partial charge in [-0.15, -0.1) is 0 Å². The number of anilines is 2. The molecule has 2 saturated heterocycles. The summed E-state index contributed by atoms with van der Waals surface area (Å²) in [6.45, 7) is 3.47. The molecule has 30 heavy (non-hydrogen) atoms. The Balaban J connectivity index is 1.55. The first-order valence-electron chi connectivity index (χ1n) is 9.90. The third kappa shape index (κ3) is 4.10. The molecule has 0 N–H and O–H groups in total. The van der Waals surface area contributed by atoms with Gasteiger partial charge in [0.05, 0.1) is 9.82 Å². The van der Waals surface area contributed by atoms with Gasteiger partial charge in [-0.2, -0.15) is 4.31 Å². The van der Waals surface area contributed by atoms with Crippen LogP contribution in [-0.4, -0.2) is 56.9 Å². The Morgan fingerprint density at radius 3 is 2.20 bits per heavy atom. The predicted molar refractivity (Wildman–Crippen MR) is 117 cm³/mol. The van der Waals surface area contributed by atoms with Crippen LogP contribution in [0.25, 0.3) is 0 Å². The average Bonchev–Trinajstić information content (AvgIpc) is 3.29. The molecule has 2 aromatic rings. The molecule has 4 rings (SSSR count). The topological polar surface area (TPSA) is 87.0 Å². The van der Waals surface area contributed by atoms with Crippen molar-refractivity contribution in [2.75, 3.05) is 49.1 Å². The van der Waals surface area contributed by atoms with Crippen molar-refractivity contribution in [2.24, 2.45) is 0 Å². The van der Waals surface area contributed by atoms with Crippen molar-refractivity contribution in [1.29, 1.82) is 0 Å². The van der Waals surface area contributed by atoms with Crippen LogP contribution in [0.2, 0.25) is 5.02 Å². The minimum Gasteiger partial charge on any atom is -0.368 e. The quantitative estimate of drug-likeness (QED) is 0.512. The van der Waals surface area contributed by atoms with Gasteiger partial charge in [0.15, 0.2) is 0 Å². The minimum atomic E-state index is -3.70. The lowest BCUT2D eigenvalue weighted by Crippen LogP contribution is -2.46. The second-order valence-electron chi connectivity index (χ2n) is 7.47. The zero-order valence-electron chi connectivity index (χ0n) is 16.4. The van der Waals surface area contributed by atoms with Crippen molar-refractivity contribution in [3.8, 4) is 0 Å². The minimum absolute atomic E-state index is 0.0163. The first kappa shape index (κ1) is 20.9. The number of benzene rings is 2. The van der Waals surface area contributed by atoms with E-state index in [1.54, 1.807) is 6.07 Å². The standard InChI is InChI=1S/C20H23ClN4O4S/c21-16-4-3-5-17(14-16)22-10-12-23(13-11-22)19-7-6-18(15-20(19)25(26)27)30(28,29)24-8-1-2-9-24/h3-7,14-15H,1-2,8-13H2. The zero-order chi connectivity index (χ0) is 21.3. The summed E-state index contributed by atoms with van der Waals surface area (Å²) >= 11 is 6.08. The Bertz CT molecular complexity index is 1050. The monoisotopic (exact) mass is 450 g/mol. The molecule has 0 saturated carbocycles. The smallest absolute Gasteiger partial charge is 0.293 e. The molecular formula is C20H23ClN4O4S. The van der Waals surface area contributed by atoms with Gasteiger partial charge < -0.3 is 9.80 Å². The maximum atomic E-state index is 12.8. The van der Waals surface area contributed by atoms with Crippen LogP contribution in [0, 0.1) is 10.1 Å². The Hall–Kier alpha value is -2.36.